The van der Waals surface area contributed by atoms with Crippen LogP contribution in [0.4, 0.5) is 10.5 Å². The van der Waals surface area contributed by atoms with Crippen LogP contribution in [0.1, 0.15) is 29.2 Å². The Morgan fingerprint density at radius 1 is 1.26 bits per heavy atom. The van der Waals surface area contributed by atoms with E-state index in [1.807, 2.05) is 43.3 Å². The Labute approximate surface area is 135 Å². The number of amides is 2. The van der Waals surface area contributed by atoms with Gasteiger partial charge in [-0.1, -0.05) is 36.4 Å². The molecule has 0 aliphatic rings. The lowest BCUT2D eigenvalue weighted by Crippen LogP contribution is -2.30. The highest BCUT2D eigenvalue weighted by Gasteiger charge is 2.09. The molecular formula is C18H19N3O2. The number of aliphatic hydroxyl groups is 1. The molecule has 0 saturated carbocycles. The Bertz CT molecular complexity index is 708. The van der Waals surface area contributed by atoms with E-state index in [0.717, 1.165) is 11.1 Å². The molecule has 118 valence electrons. The molecule has 2 aromatic carbocycles. The average Bonchev–Trinajstić information content (AvgIpc) is 2.57. The van der Waals surface area contributed by atoms with E-state index in [4.69, 9.17) is 5.26 Å². The summed E-state index contributed by atoms with van der Waals surface area (Å²) in [6.07, 6.45) is -0.186. The number of nitrogens with one attached hydrogen (secondary N) is 2. The minimum atomic E-state index is -0.611. The number of aliphatic hydroxyl groups excluding tert-OH is 1. The van der Waals surface area contributed by atoms with Crippen LogP contribution < -0.4 is 10.6 Å². The molecule has 2 aromatic rings. The maximum atomic E-state index is 11.9. The van der Waals surface area contributed by atoms with Crippen LogP contribution in [0.25, 0.3) is 0 Å². The van der Waals surface area contributed by atoms with E-state index in [1.165, 1.54) is 0 Å². The molecule has 2 rings (SSSR count). The summed E-state index contributed by atoms with van der Waals surface area (Å²) in [5, 5.41) is 24.3. The molecule has 1 atom stereocenters. The summed E-state index contributed by atoms with van der Waals surface area (Å²) in [7, 11) is 0. The summed E-state index contributed by atoms with van der Waals surface area (Å²) in [6, 6.07) is 16.1. The molecule has 0 aliphatic heterocycles. The number of benzene rings is 2. The van der Waals surface area contributed by atoms with Crippen LogP contribution in [-0.4, -0.2) is 17.7 Å². The summed E-state index contributed by atoms with van der Waals surface area (Å²) in [5.74, 6) is 0. The minimum absolute atomic E-state index is 0.346. The second kappa shape index (κ2) is 7.97. The summed E-state index contributed by atoms with van der Waals surface area (Å²) >= 11 is 0. The quantitative estimate of drug-likeness (QED) is 0.793. The van der Waals surface area contributed by atoms with E-state index in [-0.39, 0.29) is 6.03 Å². The van der Waals surface area contributed by atoms with Gasteiger partial charge in [-0.3, -0.25) is 0 Å². The Morgan fingerprint density at radius 3 is 2.70 bits per heavy atom. The number of rotatable bonds is 5. The third-order valence-corrected chi connectivity index (χ3v) is 3.50. The standard InChI is InChI=1S/C18H19N3O2/c1-13-7-8-14(12-19)11-16(13)21-18(23)20-10-9-17(22)15-5-3-2-4-6-15/h2-8,11,17,22H,9-10H2,1H3,(H2,20,21,23). The maximum absolute atomic E-state index is 11.9. The topological polar surface area (TPSA) is 85.2 Å². The first kappa shape index (κ1) is 16.5. The van der Waals surface area contributed by atoms with Gasteiger partial charge in [-0.2, -0.15) is 5.26 Å². The average molecular weight is 309 g/mol. The molecule has 0 aliphatic carbocycles. The normalized spacial score (nSPS) is 11.3. The van der Waals surface area contributed by atoms with Crippen molar-refractivity contribution in [2.75, 3.05) is 11.9 Å². The maximum Gasteiger partial charge on any atom is 0.319 e. The van der Waals surface area contributed by atoms with Gasteiger partial charge in [0.05, 0.1) is 17.7 Å². The van der Waals surface area contributed by atoms with Crippen molar-refractivity contribution >= 4 is 11.7 Å². The van der Waals surface area contributed by atoms with Crippen molar-refractivity contribution in [2.24, 2.45) is 0 Å². The number of anilines is 1. The first-order valence-corrected chi connectivity index (χ1v) is 7.39. The molecule has 0 radical (unpaired) electrons. The first-order chi connectivity index (χ1) is 11.1. The van der Waals surface area contributed by atoms with E-state index >= 15 is 0 Å². The molecule has 0 aromatic heterocycles. The zero-order valence-electron chi connectivity index (χ0n) is 12.9. The van der Waals surface area contributed by atoms with E-state index in [0.29, 0.717) is 24.2 Å². The smallest absolute Gasteiger partial charge is 0.319 e. The number of hydrogen-bond acceptors (Lipinski definition) is 3. The lowest BCUT2D eigenvalue weighted by Gasteiger charge is -2.13. The van der Waals surface area contributed by atoms with Crippen LogP contribution in [0, 0.1) is 18.3 Å². The lowest BCUT2D eigenvalue weighted by atomic mass is 10.1. The molecule has 5 nitrogen and oxygen atoms in total. The fraction of sp³-hybridized carbons (Fsp3) is 0.222. The van der Waals surface area contributed by atoms with Gasteiger partial charge >= 0.3 is 6.03 Å². The second-order valence-electron chi connectivity index (χ2n) is 5.24. The third kappa shape index (κ3) is 4.83. The van der Waals surface area contributed by atoms with Gasteiger partial charge in [0.15, 0.2) is 0 Å². The number of aryl methyl sites for hydroxylation is 1. The van der Waals surface area contributed by atoms with Gasteiger partial charge in [-0.05, 0) is 36.6 Å². The van der Waals surface area contributed by atoms with Crippen LogP contribution in [0.2, 0.25) is 0 Å². The molecule has 5 heteroatoms. The third-order valence-electron chi connectivity index (χ3n) is 3.50. The zero-order valence-corrected chi connectivity index (χ0v) is 12.9. The molecular weight excluding hydrogens is 290 g/mol. The van der Waals surface area contributed by atoms with Crippen molar-refractivity contribution in [3.05, 3.63) is 65.2 Å². The van der Waals surface area contributed by atoms with Crippen molar-refractivity contribution in [1.82, 2.24) is 5.32 Å². The summed E-state index contributed by atoms with van der Waals surface area (Å²) in [5.41, 5.74) is 2.80. The van der Waals surface area contributed by atoms with E-state index in [1.54, 1.807) is 18.2 Å². The van der Waals surface area contributed by atoms with Gasteiger partial charge < -0.3 is 15.7 Å². The predicted molar refractivity (Wildman–Crippen MR) is 88.9 cm³/mol. The first-order valence-electron chi connectivity index (χ1n) is 7.39. The highest BCUT2D eigenvalue weighted by Crippen LogP contribution is 2.17. The van der Waals surface area contributed by atoms with Crippen molar-refractivity contribution < 1.29 is 9.90 Å². The second-order valence-corrected chi connectivity index (χ2v) is 5.24. The summed E-state index contributed by atoms with van der Waals surface area (Å²) < 4.78 is 0. The summed E-state index contributed by atoms with van der Waals surface area (Å²) in [6.45, 7) is 2.20. The monoisotopic (exact) mass is 309 g/mol. The number of nitriles is 1. The van der Waals surface area contributed by atoms with Crippen LogP contribution in [0.5, 0.6) is 0 Å². The van der Waals surface area contributed by atoms with E-state index in [9.17, 15) is 9.90 Å². The number of urea groups is 1. The lowest BCUT2D eigenvalue weighted by molar-refractivity contribution is 0.167. The van der Waals surface area contributed by atoms with Gasteiger partial charge in [0.25, 0.3) is 0 Å². The fourth-order valence-corrected chi connectivity index (χ4v) is 2.16. The Kier molecular flexibility index (Phi) is 5.73. The molecule has 3 N–H and O–H groups in total. The molecule has 23 heavy (non-hydrogen) atoms. The molecule has 0 spiro atoms. The predicted octanol–water partition coefficient (Wildman–Crippen LogP) is 3.11. The SMILES string of the molecule is Cc1ccc(C#N)cc1NC(=O)NCCC(O)c1ccccc1. The zero-order chi connectivity index (χ0) is 16.7. The van der Waals surface area contributed by atoms with Crippen molar-refractivity contribution in [2.45, 2.75) is 19.4 Å². The van der Waals surface area contributed by atoms with Crippen LogP contribution >= 0.6 is 0 Å². The largest absolute Gasteiger partial charge is 0.388 e. The Balaban J connectivity index is 1.83. The number of hydrogen-bond donors (Lipinski definition) is 3. The van der Waals surface area contributed by atoms with Crippen LogP contribution in [0.15, 0.2) is 48.5 Å². The Hall–Kier alpha value is -2.84. The molecule has 0 saturated heterocycles. The van der Waals surface area contributed by atoms with Crippen molar-refractivity contribution in [1.29, 1.82) is 5.26 Å². The van der Waals surface area contributed by atoms with Gasteiger partial charge in [0.2, 0.25) is 0 Å². The van der Waals surface area contributed by atoms with Crippen LogP contribution in [0.3, 0.4) is 0 Å². The fourth-order valence-electron chi connectivity index (χ4n) is 2.16. The van der Waals surface area contributed by atoms with Crippen molar-refractivity contribution in [3.63, 3.8) is 0 Å². The number of carbonyl (C=O) groups is 1. The highest BCUT2D eigenvalue weighted by atomic mass is 16.3. The highest BCUT2D eigenvalue weighted by molar-refractivity contribution is 5.90. The molecule has 0 heterocycles. The molecule has 1 unspecified atom stereocenters. The van der Waals surface area contributed by atoms with E-state index < -0.39 is 6.10 Å². The van der Waals surface area contributed by atoms with Crippen molar-refractivity contribution in [3.8, 4) is 6.07 Å². The molecule has 0 fully saturated rings. The van der Waals surface area contributed by atoms with E-state index in [2.05, 4.69) is 10.6 Å². The van der Waals surface area contributed by atoms with Crippen LogP contribution in [-0.2, 0) is 0 Å². The van der Waals surface area contributed by atoms with Gasteiger partial charge in [-0.15, -0.1) is 0 Å². The Morgan fingerprint density at radius 2 is 2.00 bits per heavy atom. The summed E-state index contributed by atoms with van der Waals surface area (Å²) in [4.78, 5) is 11.9. The minimum Gasteiger partial charge on any atom is -0.388 e. The molecule has 2 amide bonds. The van der Waals surface area contributed by atoms with Gasteiger partial charge in [-0.25, -0.2) is 4.79 Å². The van der Waals surface area contributed by atoms with Gasteiger partial charge in [0.1, 0.15) is 0 Å². The number of carbonyl (C=O) groups excluding carboxylic acids is 1. The van der Waals surface area contributed by atoms with Gasteiger partial charge in [0, 0.05) is 12.2 Å². The molecule has 0 bridgehead atoms. The number of nitrogens with zero attached hydrogens (tertiary/aromatic N) is 1.